The Bertz CT molecular complexity index is 1230. The number of ketones is 1. The lowest BCUT2D eigenvalue weighted by molar-refractivity contribution is 0.103. The van der Waals surface area contributed by atoms with Gasteiger partial charge in [0.05, 0.1) is 19.8 Å². The van der Waals surface area contributed by atoms with Gasteiger partial charge in [0.25, 0.3) is 0 Å². The Balaban J connectivity index is 1.65. The van der Waals surface area contributed by atoms with E-state index in [1.807, 2.05) is 72.8 Å². The van der Waals surface area contributed by atoms with Crippen molar-refractivity contribution in [2.75, 3.05) is 39.6 Å². The first kappa shape index (κ1) is 26.5. The molecule has 0 atom stereocenters. The highest BCUT2D eigenvalue weighted by molar-refractivity contribution is 7.99. The van der Waals surface area contributed by atoms with E-state index in [4.69, 9.17) is 14.0 Å². The Hall–Kier alpha value is -3.55. The Morgan fingerprint density at radius 3 is 1.95 bits per heavy atom. The van der Waals surface area contributed by atoms with E-state index in [0.717, 1.165) is 52.9 Å². The molecule has 0 bridgehead atoms. The predicted octanol–water partition coefficient (Wildman–Crippen LogP) is 6.69. The van der Waals surface area contributed by atoms with Crippen LogP contribution in [0, 0.1) is 0 Å². The first-order chi connectivity index (χ1) is 18.1. The molecule has 0 spiro atoms. The molecular formula is C30H32N2O4S. The largest absolute Gasteiger partial charge is 0.497 e. The van der Waals surface area contributed by atoms with Gasteiger partial charge in [0.1, 0.15) is 17.2 Å². The van der Waals surface area contributed by atoms with Crippen molar-refractivity contribution in [3.8, 4) is 34.1 Å². The van der Waals surface area contributed by atoms with Crippen LogP contribution >= 0.6 is 11.8 Å². The van der Waals surface area contributed by atoms with E-state index < -0.39 is 0 Å². The summed E-state index contributed by atoms with van der Waals surface area (Å²) in [5, 5.41) is 4.32. The maximum absolute atomic E-state index is 13.9. The van der Waals surface area contributed by atoms with Crippen LogP contribution < -0.4 is 9.47 Å². The molecule has 0 saturated carbocycles. The lowest BCUT2D eigenvalue weighted by atomic mass is 9.95. The number of carbonyl (C=O) groups excluding carboxylic acids is 1. The summed E-state index contributed by atoms with van der Waals surface area (Å²) in [5.41, 5.74) is 3.03. The monoisotopic (exact) mass is 516 g/mol. The lowest BCUT2D eigenvalue weighted by Crippen LogP contribution is -2.25. The zero-order valence-corrected chi connectivity index (χ0v) is 22.5. The number of nitrogens with zero attached hydrogens (tertiary/aromatic N) is 2. The second kappa shape index (κ2) is 12.6. The second-order valence-corrected chi connectivity index (χ2v) is 9.59. The summed E-state index contributed by atoms with van der Waals surface area (Å²) in [5.74, 6) is 2.74. The Morgan fingerprint density at radius 1 is 0.838 bits per heavy atom. The number of benzene rings is 3. The molecular weight excluding hydrogens is 484 g/mol. The van der Waals surface area contributed by atoms with Crippen molar-refractivity contribution in [2.24, 2.45) is 0 Å². The highest BCUT2D eigenvalue weighted by Crippen LogP contribution is 2.35. The van der Waals surface area contributed by atoms with Crippen LogP contribution in [-0.2, 0) is 0 Å². The minimum atomic E-state index is -0.141. The van der Waals surface area contributed by atoms with Crippen molar-refractivity contribution in [1.82, 2.24) is 10.1 Å². The molecule has 0 fully saturated rings. The highest BCUT2D eigenvalue weighted by Gasteiger charge is 2.26. The first-order valence-electron chi connectivity index (χ1n) is 12.4. The zero-order chi connectivity index (χ0) is 26.2. The van der Waals surface area contributed by atoms with Crippen molar-refractivity contribution >= 4 is 17.5 Å². The normalized spacial score (nSPS) is 11.1. The summed E-state index contributed by atoms with van der Waals surface area (Å²) in [6.45, 7) is 7.50. The fourth-order valence-electron chi connectivity index (χ4n) is 4.07. The van der Waals surface area contributed by atoms with Crippen LogP contribution in [0.3, 0.4) is 0 Å². The number of carbonyl (C=O) groups is 1. The zero-order valence-electron chi connectivity index (χ0n) is 21.7. The third-order valence-electron chi connectivity index (χ3n) is 6.32. The van der Waals surface area contributed by atoms with Crippen LogP contribution in [0.5, 0.6) is 11.5 Å². The number of methoxy groups -OCH3 is 2. The first-order valence-corrected chi connectivity index (χ1v) is 13.3. The fraction of sp³-hybridized carbons (Fsp3) is 0.267. The van der Waals surface area contributed by atoms with Crippen molar-refractivity contribution in [1.29, 1.82) is 0 Å². The van der Waals surface area contributed by atoms with Crippen molar-refractivity contribution in [2.45, 2.75) is 18.7 Å². The molecule has 4 aromatic rings. The Morgan fingerprint density at radius 2 is 1.41 bits per heavy atom. The van der Waals surface area contributed by atoms with E-state index in [1.165, 1.54) is 0 Å². The van der Waals surface area contributed by atoms with Gasteiger partial charge in [-0.15, -0.1) is 11.8 Å². The minimum Gasteiger partial charge on any atom is -0.497 e. The van der Waals surface area contributed by atoms with Crippen molar-refractivity contribution in [3.05, 3.63) is 83.9 Å². The molecule has 0 aliphatic carbocycles. The molecule has 37 heavy (non-hydrogen) atoms. The number of ether oxygens (including phenoxy) is 2. The van der Waals surface area contributed by atoms with Crippen LogP contribution in [0.15, 0.2) is 82.2 Å². The highest BCUT2D eigenvalue weighted by atomic mass is 32.2. The average molecular weight is 517 g/mol. The molecule has 0 N–H and O–H groups in total. The summed E-state index contributed by atoms with van der Waals surface area (Å²) >= 11 is 1.80. The Labute approximate surface area is 222 Å². The lowest BCUT2D eigenvalue weighted by Gasteiger charge is -2.17. The van der Waals surface area contributed by atoms with Gasteiger partial charge in [0.2, 0.25) is 0 Å². The third-order valence-corrected chi connectivity index (χ3v) is 7.31. The van der Waals surface area contributed by atoms with Crippen LogP contribution in [0.4, 0.5) is 0 Å². The SMILES string of the molecule is CCN(CC)CCSc1ccc(C(=O)c2c(-c3ccc(OC)cc3)noc2-c2ccc(OC)cc2)cc1. The van der Waals surface area contributed by atoms with Crippen LogP contribution in [0.1, 0.15) is 29.8 Å². The molecule has 3 aromatic carbocycles. The molecule has 0 radical (unpaired) electrons. The summed E-state index contributed by atoms with van der Waals surface area (Å²) < 4.78 is 16.3. The van der Waals surface area contributed by atoms with Crippen molar-refractivity contribution in [3.63, 3.8) is 0 Å². The minimum absolute atomic E-state index is 0.141. The molecule has 4 rings (SSSR count). The Kier molecular flexibility index (Phi) is 9.04. The van der Waals surface area contributed by atoms with E-state index in [-0.39, 0.29) is 5.78 Å². The van der Waals surface area contributed by atoms with Gasteiger partial charge in [-0.1, -0.05) is 19.0 Å². The molecule has 192 valence electrons. The maximum atomic E-state index is 13.9. The molecule has 1 heterocycles. The van der Waals surface area contributed by atoms with Crippen LogP contribution in [0.2, 0.25) is 0 Å². The van der Waals surface area contributed by atoms with Gasteiger partial charge in [0, 0.05) is 33.9 Å². The number of aromatic nitrogens is 1. The number of hydrogen-bond donors (Lipinski definition) is 0. The fourth-order valence-corrected chi connectivity index (χ4v) is 4.98. The molecule has 0 saturated heterocycles. The topological polar surface area (TPSA) is 64.8 Å². The van der Waals surface area contributed by atoms with Crippen molar-refractivity contribution < 1.29 is 18.8 Å². The smallest absolute Gasteiger partial charge is 0.199 e. The third kappa shape index (κ3) is 6.24. The summed E-state index contributed by atoms with van der Waals surface area (Å²) in [6.07, 6.45) is 0. The standard InChI is InChI=1S/C30H32N2O4S/c1-5-32(6-2)19-20-37-26-17-11-22(12-18-26)29(33)27-28(21-7-13-24(34-3)14-8-21)31-36-30(27)23-9-15-25(35-4)16-10-23/h7-18H,5-6,19-20H2,1-4H3. The van der Waals surface area contributed by atoms with Gasteiger partial charge in [0.15, 0.2) is 11.5 Å². The van der Waals surface area contributed by atoms with E-state index >= 15 is 0 Å². The number of rotatable bonds is 12. The molecule has 7 heteroatoms. The molecule has 0 unspecified atom stereocenters. The van der Waals surface area contributed by atoms with E-state index in [2.05, 4.69) is 23.9 Å². The van der Waals surface area contributed by atoms with Gasteiger partial charge in [-0.3, -0.25) is 4.79 Å². The molecule has 0 aliphatic heterocycles. The van der Waals surface area contributed by atoms with Crippen LogP contribution in [0.25, 0.3) is 22.6 Å². The van der Waals surface area contributed by atoms with Gasteiger partial charge in [-0.05, 0) is 85.9 Å². The second-order valence-electron chi connectivity index (χ2n) is 8.42. The molecule has 0 aliphatic rings. The average Bonchev–Trinajstić information content (AvgIpc) is 3.40. The summed E-state index contributed by atoms with van der Waals surface area (Å²) in [4.78, 5) is 17.4. The molecule has 0 amide bonds. The summed E-state index contributed by atoms with van der Waals surface area (Å²) in [7, 11) is 3.24. The number of hydrogen-bond acceptors (Lipinski definition) is 7. The van der Waals surface area contributed by atoms with Gasteiger partial charge < -0.3 is 18.9 Å². The van der Waals surface area contributed by atoms with Gasteiger partial charge >= 0.3 is 0 Å². The van der Waals surface area contributed by atoms with E-state index in [9.17, 15) is 4.79 Å². The molecule has 1 aromatic heterocycles. The van der Waals surface area contributed by atoms with Gasteiger partial charge in [-0.2, -0.15) is 0 Å². The summed E-state index contributed by atoms with van der Waals surface area (Å²) in [6, 6.07) is 22.6. The molecule has 6 nitrogen and oxygen atoms in total. The predicted molar refractivity (Wildman–Crippen MR) is 149 cm³/mol. The van der Waals surface area contributed by atoms with E-state index in [1.54, 1.807) is 26.0 Å². The van der Waals surface area contributed by atoms with E-state index in [0.29, 0.717) is 22.6 Å². The quantitative estimate of drug-likeness (QED) is 0.153. The van der Waals surface area contributed by atoms with Gasteiger partial charge in [-0.25, -0.2) is 0 Å². The maximum Gasteiger partial charge on any atom is 0.199 e. The van der Waals surface area contributed by atoms with Crippen LogP contribution in [-0.4, -0.2) is 55.4 Å². The number of thioether (sulfide) groups is 1.